The average molecular weight is 278 g/mol. The smallest absolute Gasteiger partial charge is 0.323 e. The number of carbonyl (C=O) groups excluding carboxylic acids is 1. The zero-order valence-corrected chi connectivity index (χ0v) is 11.4. The second kappa shape index (κ2) is 4.90. The summed E-state index contributed by atoms with van der Waals surface area (Å²) in [6.07, 6.45) is 2.30. The molecule has 2 atom stereocenters. The first-order valence-electron chi connectivity index (χ1n) is 6.90. The van der Waals surface area contributed by atoms with Gasteiger partial charge in [0.05, 0.1) is 7.05 Å². The molecule has 1 aromatic heterocycles. The number of fused-ring (bicyclic) bond motifs is 1. The van der Waals surface area contributed by atoms with Crippen molar-refractivity contribution in [1.29, 1.82) is 0 Å². The van der Waals surface area contributed by atoms with E-state index < -0.39 is 4.92 Å². The van der Waals surface area contributed by atoms with E-state index in [0.29, 0.717) is 24.2 Å². The molecule has 2 saturated heterocycles. The summed E-state index contributed by atoms with van der Waals surface area (Å²) >= 11 is 0. The minimum Gasteiger partial charge on any atom is -0.358 e. The van der Waals surface area contributed by atoms with Gasteiger partial charge in [0.15, 0.2) is 5.69 Å². The van der Waals surface area contributed by atoms with E-state index in [9.17, 15) is 14.9 Å². The summed E-state index contributed by atoms with van der Waals surface area (Å²) in [5.74, 6) is 0.350. The van der Waals surface area contributed by atoms with Gasteiger partial charge in [0.2, 0.25) is 0 Å². The third-order valence-electron chi connectivity index (χ3n) is 4.39. The Kier molecular flexibility index (Phi) is 3.21. The fraction of sp³-hybridized carbons (Fsp3) is 0.615. The van der Waals surface area contributed by atoms with Crippen LogP contribution >= 0.6 is 0 Å². The SMILES string of the molecule is Cn1c(C(=O)N2CC3CCCNC3C2)ccc1[N+](=O)[O-]. The molecule has 0 spiro atoms. The third kappa shape index (κ3) is 2.07. The fourth-order valence-corrected chi connectivity index (χ4v) is 3.27. The molecule has 1 amide bonds. The fourth-order valence-electron chi connectivity index (χ4n) is 3.27. The van der Waals surface area contributed by atoms with Gasteiger partial charge in [-0.3, -0.25) is 4.79 Å². The molecule has 3 heterocycles. The van der Waals surface area contributed by atoms with Gasteiger partial charge in [-0.1, -0.05) is 0 Å². The first-order chi connectivity index (χ1) is 9.58. The van der Waals surface area contributed by atoms with E-state index in [1.54, 1.807) is 7.05 Å². The van der Waals surface area contributed by atoms with Gasteiger partial charge in [0.1, 0.15) is 0 Å². The van der Waals surface area contributed by atoms with Crippen LogP contribution in [0.15, 0.2) is 12.1 Å². The predicted molar refractivity (Wildman–Crippen MR) is 72.5 cm³/mol. The molecule has 7 heteroatoms. The van der Waals surface area contributed by atoms with Crippen molar-refractivity contribution in [2.24, 2.45) is 13.0 Å². The summed E-state index contributed by atoms with van der Waals surface area (Å²) in [6.45, 7) is 2.46. The molecule has 2 unspecified atom stereocenters. The molecule has 0 aliphatic carbocycles. The Balaban J connectivity index is 1.78. The number of carbonyl (C=O) groups is 1. The molecule has 3 rings (SSSR count). The summed E-state index contributed by atoms with van der Waals surface area (Å²) in [6, 6.07) is 3.30. The van der Waals surface area contributed by atoms with Crippen LogP contribution in [-0.2, 0) is 7.05 Å². The number of likely N-dealkylation sites (tertiary alicyclic amines) is 1. The number of nitro groups is 1. The topological polar surface area (TPSA) is 80.4 Å². The number of piperidine rings is 1. The Morgan fingerprint density at radius 1 is 1.45 bits per heavy atom. The van der Waals surface area contributed by atoms with Crippen molar-refractivity contribution in [1.82, 2.24) is 14.8 Å². The molecule has 2 aliphatic heterocycles. The van der Waals surface area contributed by atoms with Crippen LogP contribution in [0.4, 0.5) is 5.82 Å². The summed E-state index contributed by atoms with van der Waals surface area (Å²) in [5, 5.41) is 14.3. The summed E-state index contributed by atoms with van der Waals surface area (Å²) in [7, 11) is 1.56. The molecule has 0 aromatic carbocycles. The molecule has 1 N–H and O–H groups in total. The molecule has 20 heavy (non-hydrogen) atoms. The molecule has 0 bridgehead atoms. The van der Waals surface area contributed by atoms with Gasteiger partial charge in [0.25, 0.3) is 5.91 Å². The predicted octanol–water partition coefficient (Wildman–Crippen LogP) is 0.757. The van der Waals surface area contributed by atoms with Crippen molar-refractivity contribution in [2.75, 3.05) is 19.6 Å². The molecular weight excluding hydrogens is 260 g/mol. The monoisotopic (exact) mass is 278 g/mol. The van der Waals surface area contributed by atoms with Crippen LogP contribution in [0.2, 0.25) is 0 Å². The van der Waals surface area contributed by atoms with Crippen LogP contribution in [0.3, 0.4) is 0 Å². The van der Waals surface area contributed by atoms with Crippen LogP contribution in [0, 0.1) is 16.0 Å². The minimum atomic E-state index is -0.470. The maximum atomic E-state index is 12.5. The maximum Gasteiger partial charge on any atom is 0.323 e. The Labute approximate surface area is 116 Å². The number of rotatable bonds is 2. The second-order valence-electron chi connectivity index (χ2n) is 5.57. The van der Waals surface area contributed by atoms with Crippen molar-refractivity contribution in [3.05, 3.63) is 27.9 Å². The van der Waals surface area contributed by atoms with Crippen molar-refractivity contribution in [2.45, 2.75) is 18.9 Å². The molecule has 0 saturated carbocycles. The highest BCUT2D eigenvalue weighted by molar-refractivity contribution is 5.93. The number of amides is 1. The Bertz CT molecular complexity index is 540. The molecule has 7 nitrogen and oxygen atoms in total. The Hall–Kier alpha value is -1.89. The maximum absolute atomic E-state index is 12.5. The van der Waals surface area contributed by atoms with E-state index >= 15 is 0 Å². The zero-order valence-electron chi connectivity index (χ0n) is 11.4. The highest BCUT2D eigenvalue weighted by Crippen LogP contribution is 2.26. The van der Waals surface area contributed by atoms with Gasteiger partial charge in [-0.25, -0.2) is 4.57 Å². The van der Waals surface area contributed by atoms with Crippen molar-refractivity contribution >= 4 is 11.7 Å². The highest BCUT2D eigenvalue weighted by atomic mass is 16.6. The lowest BCUT2D eigenvalue weighted by molar-refractivity contribution is -0.391. The number of hydrogen-bond acceptors (Lipinski definition) is 4. The van der Waals surface area contributed by atoms with E-state index in [0.717, 1.165) is 25.9 Å². The first kappa shape index (κ1) is 13.1. The van der Waals surface area contributed by atoms with Crippen LogP contribution in [-0.4, -0.2) is 46.0 Å². The van der Waals surface area contributed by atoms with E-state index in [-0.39, 0.29) is 11.7 Å². The number of nitrogens with one attached hydrogen (secondary N) is 1. The lowest BCUT2D eigenvalue weighted by Crippen LogP contribution is -2.41. The lowest BCUT2D eigenvalue weighted by Gasteiger charge is -2.24. The van der Waals surface area contributed by atoms with E-state index in [2.05, 4.69) is 5.32 Å². The van der Waals surface area contributed by atoms with Gasteiger partial charge < -0.3 is 20.3 Å². The highest BCUT2D eigenvalue weighted by Gasteiger charge is 2.38. The molecule has 1 aromatic rings. The summed E-state index contributed by atoms with van der Waals surface area (Å²) in [5.41, 5.74) is 0.385. The van der Waals surface area contributed by atoms with Crippen molar-refractivity contribution in [3.63, 3.8) is 0 Å². The van der Waals surface area contributed by atoms with E-state index in [4.69, 9.17) is 0 Å². The number of nitrogens with zero attached hydrogens (tertiary/aromatic N) is 3. The largest absolute Gasteiger partial charge is 0.358 e. The van der Waals surface area contributed by atoms with Crippen molar-refractivity contribution < 1.29 is 9.72 Å². The molecule has 0 radical (unpaired) electrons. The third-order valence-corrected chi connectivity index (χ3v) is 4.39. The molecule has 108 valence electrons. The van der Waals surface area contributed by atoms with Crippen LogP contribution in [0.5, 0.6) is 0 Å². The van der Waals surface area contributed by atoms with Crippen LogP contribution in [0.25, 0.3) is 0 Å². The standard InChI is InChI=1S/C13H18N4O3/c1-15-11(4-5-12(15)17(19)20)13(18)16-7-9-3-2-6-14-10(9)8-16/h4-5,9-10,14H,2-3,6-8H2,1H3. The number of aromatic nitrogens is 1. The molecule has 2 aliphatic rings. The lowest BCUT2D eigenvalue weighted by atomic mass is 9.94. The van der Waals surface area contributed by atoms with Gasteiger partial charge in [-0.05, 0) is 36.3 Å². The Morgan fingerprint density at radius 3 is 2.90 bits per heavy atom. The van der Waals surface area contributed by atoms with Crippen LogP contribution < -0.4 is 5.32 Å². The van der Waals surface area contributed by atoms with E-state index in [1.807, 2.05) is 4.90 Å². The van der Waals surface area contributed by atoms with Gasteiger partial charge in [0, 0.05) is 25.2 Å². The minimum absolute atomic E-state index is 0.0527. The molecule has 2 fully saturated rings. The first-order valence-corrected chi connectivity index (χ1v) is 6.90. The average Bonchev–Trinajstić information content (AvgIpc) is 3.01. The van der Waals surface area contributed by atoms with Crippen LogP contribution in [0.1, 0.15) is 23.3 Å². The van der Waals surface area contributed by atoms with E-state index in [1.165, 1.54) is 16.7 Å². The van der Waals surface area contributed by atoms with Gasteiger partial charge in [-0.15, -0.1) is 0 Å². The normalized spacial score (nSPS) is 25.6. The number of hydrogen-bond donors (Lipinski definition) is 1. The Morgan fingerprint density at radius 2 is 2.25 bits per heavy atom. The quantitative estimate of drug-likeness (QED) is 0.639. The second-order valence-corrected chi connectivity index (χ2v) is 5.57. The summed E-state index contributed by atoms with van der Waals surface area (Å²) < 4.78 is 1.36. The van der Waals surface area contributed by atoms with Gasteiger partial charge >= 0.3 is 5.82 Å². The van der Waals surface area contributed by atoms with Gasteiger partial charge in [-0.2, -0.15) is 0 Å². The molecular formula is C13H18N4O3. The zero-order chi connectivity index (χ0) is 14.3. The summed E-state index contributed by atoms with van der Waals surface area (Å²) in [4.78, 5) is 24.7. The van der Waals surface area contributed by atoms with Crippen molar-refractivity contribution in [3.8, 4) is 0 Å².